The zero-order valence-corrected chi connectivity index (χ0v) is 15.1. The van der Waals surface area contributed by atoms with Crippen LogP contribution < -0.4 is 0 Å². The molecular formula is C20H21FN4. The van der Waals surface area contributed by atoms with E-state index >= 15 is 0 Å². The van der Waals surface area contributed by atoms with Gasteiger partial charge < -0.3 is 0 Å². The van der Waals surface area contributed by atoms with Crippen molar-refractivity contribution in [2.75, 3.05) is 0 Å². The van der Waals surface area contributed by atoms with E-state index in [9.17, 15) is 4.39 Å². The summed E-state index contributed by atoms with van der Waals surface area (Å²) in [6.07, 6.45) is 3.70. The lowest BCUT2D eigenvalue weighted by atomic mass is 9.65. The maximum Gasteiger partial charge on any atom is 0.155 e. The molecule has 0 amide bonds. The van der Waals surface area contributed by atoms with Gasteiger partial charge in [0.1, 0.15) is 5.82 Å². The molecule has 0 aliphatic carbocycles. The van der Waals surface area contributed by atoms with Crippen molar-refractivity contribution in [3.8, 4) is 0 Å². The molecule has 2 aromatic heterocycles. The number of hydrogen-bond donors (Lipinski definition) is 0. The van der Waals surface area contributed by atoms with Crippen molar-refractivity contribution in [1.29, 1.82) is 0 Å². The number of aromatic nitrogens is 3. The van der Waals surface area contributed by atoms with E-state index in [-0.39, 0.29) is 5.82 Å². The van der Waals surface area contributed by atoms with Gasteiger partial charge >= 0.3 is 0 Å². The molecule has 0 saturated heterocycles. The minimum atomic E-state index is -0.452. The number of hydrogen-bond acceptors (Lipinski definition) is 3. The van der Waals surface area contributed by atoms with Crippen LogP contribution in [-0.4, -0.2) is 25.8 Å². The molecule has 4 nitrogen and oxygen atoms in total. The zero-order chi connectivity index (χ0) is 18.0. The van der Waals surface area contributed by atoms with Crippen LogP contribution in [0.3, 0.4) is 0 Å². The van der Waals surface area contributed by atoms with E-state index in [1.807, 2.05) is 52.9 Å². The van der Waals surface area contributed by atoms with E-state index in [1.54, 1.807) is 16.8 Å². The zero-order valence-electron chi connectivity index (χ0n) is 15.1. The van der Waals surface area contributed by atoms with Crippen LogP contribution in [0.5, 0.6) is 0 Å². The molecule has 0 unspecified atom stereocenters. The number of rotatable bonds is 1. The fourth-order valence-corrected chi connectivity index (χ4v) is 3.48. The van der Waals surface area contributed by atoms with Crippen molar-refractivity contribution in [1.82, 2.24) is 14.6 Å². The van der Waals surface area contributed by atoms with Crippen molar-refractivity contribution >= 4 is 11.4 Å². The van der Waals surface area contributed by atoms with Gasteiger partial charge in [0, 0.05) is 40.6 Å². The molecule has 25 heavy (non-hydrogen) atoms. The molecule has 5 heteroatoms. The highest BCUT2D eigenvalue weighted by atomic mass is 19.1. The van der Waals surface area contributed by atoms with Gasteiger partial charge in [0.15, 0.2) is 5.65 Å². The van der Waals surface area contributed by atoms with Crippen LogP contribution >= 0.6 is 0 Å². The van der Waals surface area contributed by atoms with E-state index in [1.165, 1.54) is 6.07 Å². The SMILES string of the molecule is Cc1cc2ncc(C3=NC(C)(C)C(C)(C)c4c(F)cccc43)cn2n1. The minimum absolute atomic E-state index is 0.188. The number of halogens is 1. The molecule has 0 spiro atoms. The summed E-state index contributed by atoms with van der Waals surface area (Å²) in [7, 11) is 0. The Balaban J connectivity index is 2.00. The first-order valence-electron chi connectivity index (χ1n) is 8.42. The highest BCUT2D eigenvalue weighted by molar-refractivity contribution is 6.14. The Morgan fingerprint density at radius 2 is 1.88 bits per heavy atom. The Morgan fingerprint density at radius 3 is 2.64 bits per heavy atom. The normalized spacial score (nSPS) is 18.1. The van der Waals surface area contributed by atoms with Gasteiger partial charge in [-0.3, -0.25) is 4.99 Å². The Bertz CT molecular complexity index is 1030. The monoisotopic (exact) mass is 336 g/mol. The standard InChI is InChI=1S/C20H21FN4/c1-12-9-16-22-10-13(11-25(16)24-12)18-14-7-6-8-15(21)17(14)19(2,3)20(4,5)23-18/h6-11H,1-5H3. The molecule has 0 atom stereocenters. The van der Waals surface area contributed by atoms with Gasteiger partial charge in [-0.2, -0.15) is 5.10 Å². The van der Waals surface area contributed by atoms with Crippen LogP contribution in [0.2, 0.25) is 0 Å². The molecule has 0 radical (unpaired) electrons. The van der Waals surface area contributed by atoms with Gasteiger partial charge in [0.05, 0.1) is 16.9 Å². The van der Waals surface area contributed by atoms with Crippen LogP contribution in [0.25, 0.3) is 5.65 Å². The van der Waals surface area contributed by atoms with Crippen LogP contribution in [0.1, 0.15) is 50.1 Å². The lowest BCUT2D eigenvalue weighted by Gasteiger charge is -2.44. The van der Waals surface area contributed by atoms with Crippen molar-refractivity contribution in [3.63, 3.8) is 0 Å². The first-order valence-corrected chi connectivity index (χ1v) is 8.42. The average Bonchev–Trinajstić information content (AvgIpc) is 2.90. The molecule has 3 heterocycles. The summed E-state index contributed by atoms with van der Waals surface area (Å²) in [5.41, 5.74) is 3.96. The summed E-state index contributed by atoms with van der Waals surface area (Å²) in [5.74, 6) is -0.188. The van der Waals surface area contributed by atoms with Crippen molar-refractivity contribution in [2.45, 2.75) is 45.6 Å². The van der Waals surface area contributed by atoms with Gasteiger partial charge in [0.25, 0.3) is 0 Å². The quantitative estimate of drug-likeness (QED) is 0.672. The third kappa shape index (κ3) is 2.22. The van der Waals surface area contributed by atoms with Gasteiger partial charge in [-0.25, -0.2) is 13.9 Å². The Kier molecular flexibility index (Phi) is 3.17. The molecular weight excluding hydrogens is 315 g/mol. The maximum atomic E-state index is 14.8. The number of nitrogens with zero attached hydrogens (tertiary/aromatic N) is 4. The Hall–Kier alpha value is -2.56. The first-order chi connectivity index (χ1) is 11.7. The molecule has 0 saturated carbocycles. The predicted molar refractivity (Wildman–Crippen MR) is 96.9 cm³/mol. The number of aliphatic imine (C=N–C) groups is 1. The molecule has 0 fully saturated rings. The third-order valence-corrected chi connectivity index (χ3v) is 5.52. The number of aryl methyl sites for hydroxylation is 1. The van der Waals surface area contributed by atoms with E-state index in [0.29, 0.717) is 5.56 Å². The minimum Gasteiger partial charge on any atom is -0.277 e. The second-order valence-electron chi connectivity index (χ2n) is 7.74. The Labute approximate surface area is 146 Å². The molecule has 1 aromatic carbocycles. The summed E-state index contributed by atoms with van der Waals surface area (Å²) in [4.78, 5) is 9.48. The van der Waals surface area contributed by atoms with Crippen molar-refractivity contribution < 1.29 is 4.39 Å². The molecule has 128 valence electrons. The second-order valence-corrected chi connectivity index (χ2v) is 7.74. The van der Waals surface area contributed by atoms with Gasteiger partial charge in [-0.05, 0) is 26.8 Å². The van der Waals surface area contributed by atoms with Gasteiger partial charge in [0.2, 0.25) is 0 Å². The average molecular weight is 336 g/mol. The molecule has 1 aliphatic heterocycles. The van der Waals surface area contributed by atoms with E-state index < -0.39 is 11.0 Å². The van der Waals surface area contributed by atoms with Gasteiger partial charge in [-0.1, -0.05) is 26.0 Å². The van der Waals surface area contributed by atoms with Crippen molar-refractivity contribution in [3.05, 3.63) is 64.9 Å². The lowest BCUT2D eigenvalue weighted by molar-refractivity contribution is 0.293. The first kappa shape index (κ1) is 15.9. The number of benzene rings is 1. The Morgan fingerprint density at radius 1 is 1.12 bits per heavy atom. The highest BCUT2D eigenvalue weighted by Crippen LogP contribution is 2.44. The summed E-state index contributed by atoms with van der Waals surface area (Å²) < 4.78 is 16.5. The van der Waals surface area contributed by atoms with Crippen LogP contribution in [0, 0.1) is 12.7 Å². The van der Waals surface area contributed by atoms with E-state index in [4.69, 9.17) is 4.99 Å². The lowest BCUT2D eigenvalue weighted by Crippen LogP contribution is -2.46. The molecule has 3 aromatic rings. The van der Waals surface area contributed by atoms with Crippen LogP contribution in [-0.2, 0) is 5.41 Å². The number of fused-ring (bicyclic) bond motifs is 2. The second kappa shape index (κ2) is 4.97. The van der Waals surface area contributed by atoms with E-state index in [2.05, 4.69) is 10.1 Å². The predicted octanol–water partition coefficient (Wildman–Crippen LogP) is 4.08. The summed E-state index contributed by atoms with van der Waals surface area (Å²) in [5, 5.41) is 4.43. The highest BCUT2D eigenvalue weighted by Gasteiger charge is 2.45. The van der Waals surface area contributed by atoms with E-state index in [0.717, 1.165) is 28.2 Å². The maximum absolute atomic E-state index is 14.8. The fourth-order valence-electron chi connectivity index (χ4n) is 3.48. The molecule has 4 rings (SSSR count). The summed E-state index contributed by atoms with van der Waals surface area (Å²) >= 11 is 0. The fraction of sp³-hybridized carbons (Fsp3) is 0.350. The topological polar surface area (TPSA) is 42.5 Å². The van der Waals surface area contributed by atoms with Gasteiger partial charge in [-0.15, -0.1) is 0 Å². The molecule has 0 bridgehead atoms. The largest absolute Gasteiger partial charge is 0.277 e. The van der Waals surface area contributed by atoms with Crippen LogP contribution in [0.4, 0.5) is 4.39 Å². The molecule has 0 N–H and O–H groups in total. The molecule has 1 aliphatic rings. The summed E-state index contributed by atoms with van der Waals surface area (Å²) in [6, 6.07) is 7.12. The van der Waals surface area contributed by atoms with Crippen molar-refractivity contribution in [2.24, 2.45) is 4.99 Å². The smallest absolute Gasteiger partial charge is 0.155 e. The summed E-state index contributed by atoms with van der Waals surface area (Å²) in [6.45, 7) is 10.1. The van der Waals surface area contributed by atoms with Crippen LogP contribution in [0.15, 0.2) is 41.7 Å². The third-order valence-electron chi connectivity index (χ3n) is 5.52.